The van der Waals surface area contributed by atoms with Gasteiger partial charge in [-0.3, -0.25) is 4.79 Å². The largest absolute Gasteiger partial charge is 0.390 e. The number of likely N-dealkylation sites (tertiary alicyclic amines) is 1. The predicted molar refractivity (Wildman–Crippen MR) is 72.3 cm³/mol. The van der Waals surface area contributed by atoms with Gasteiger partial charge in [-0.25, -0.2) is 4.98 Å². The first kappa shape index (κ1) is 13.5. The Kier molecular flexibility index (Phi) is 4.02. The average molecular weight is 313 g/mol. The number of aromatic nitrogens is 1. The predicted octanol–water partition coefficient (Wildman–Crippen LogP) is 2.22. The molecule has 0 saturated carbocycles. The second-order valence-electron chi connectivity index (χ2n) is 5.01. The van der Waals surface area contributed by atoms with Crippen molar-refractivity contribution in [1.82, 2.24) is 9.88 Å². The van der Waals surface area contributed by atoms with E-state index < -0.39 is 5.60 Å². The van der Waals surface area contributed by atoms with Gasteiger partial charge in [0.05, 0.1) is 5.60 Å². The van der Waals surface area contributed by atoms with Crippen LogP contribution in [0.5, 0.6) is 0 Å². The Morgan fingerprint density at radius 3 is 3.00 bits per heavy atom. The molecule has 0 spiro atoms. The SMILES string of the molecule is CC1(O)CCCN(C(=O)c2ccnc(Br)c2)CC1. The number of carbonyl (C=O) groups is 1. The molecular formula is C13H17BrN2O2. The van der Waals surface area contributed by atoms with Crippen LogP contribution in [-0.2, 0) is 0 Å². The maximum absolute atomic E-state index is 12.3. The molecule has 1 N–H and O–H groups in total. The minimum Gasteiger partial charge on any atom is -0.390 e. The third-order valence-electron chi connectivity index (χ3n) is 3.32. The Bertz CT molecular complexity index is 448. The van der Waals surface area contributed by atoms with E-state index in [4.69, 9.17) is 0 Å². The van der Waals surface area contributed by atoms with Crippen molar-refractivity contribution in [3.8, 4) is 0 Å². The van der Waals surface area contributed by atoms with Crippen molar-refractivity contribution in [2.75, 3.05) is 13.1 Å². The van der Waals surface area contributed by atoms with Crippen molar-refractivity contribution in [1.29, 1.82) is 0 Å². The lowest BCUT2D eigenvalue weighted by Crippen LogP contribution is -2.33. The van der Waals surface area contributed by atoms with Gasteiger partial charge >= 0.3 is 0 Å². The highest BCUT2D eigenvalue weighted by Crippen LogP contribution is 2.22. The van der Waals surface area contributed by atoms with Crippen LogP contribution >= 0.6 is 15.9 Å². The monoisotopic (exact) mass is 312 g/mol. The minimum atomic E-state index is -0.645. The van der Waals surface area contributed by atoms with Crippen molar-refractivity contribution in [3.05, 3.63) is 28.5 Å². The molecule has 1 saturated heterocycles. The Hall–Kier alpha value is -0.940. The van der Waals surface area contributed by atoms with E-state index >= 15 is 0 Å². The summed E-state index contributed by atoms with van der Waals surface area (Å²) in [5.74, 6) is 0.0100. The van der Waals surface area contributed by atoms with Crippen molar-refractivity contribution in [2.45, 2.75) is 31.8 Å². The van der Waals surface area contributed by atoms with Gasteiger partial charge in [-0.05, 0) is 54.2 Å². The average Bonchev–Trinajstić information content (AvgIpc) is 2.49. The highest BCUT2D eigenvalue weighted by atomic mass is 79.9. The van der Waals surface area contributed by atoms with Crippen LogP contribution < -0.4 is 0 Å². The zero-order valence-electron chi connectivity index (χ0n) is 10.4. The number of aliphatic hydroxyl groups is 1. The summed E-state index contributed by atoms with van der Waals surface area (Å²) in [6, 6.07) is 3.45. The van der Waals surface area contributed by atoms with E-state index in [0.717, 1.165) is 12.8 Å². The van der Waals surface area contributed by atoms with Crippen molar-refractivity contribution >= 4 is 21.8 Å². The van der Waals surface area contributed by atoms with E-state index in [0.29, 0.717) is 29.7 Å². The topological polar surface area (TPSA) is 53.4 Å². The molecule has 18 heavy (non-hydrogen) atoms. The second kappa shape index (κ2) is 5.36. The summed E-state index contributed by atoms with van der Waals surface area (Å²) in [6.45, 7) is 3.14. The zero-order chi connectivity index (χ0) is 13.2. The van der Waals surface area contributed by atoms with Crippen LogP contribution in [0.25, 0.3) is 0 Å². The lowest BCUT2D eigenvalue weighted by Gasteiger charge is -2.22. The summed E-state index contributed by atoms with van der Waals surface area (Å²) in [4.78, 5) is 18.1. The van der Waals surface area contributed by atoms with E-state index in [9.17, 15) is 9.90 Å². The van der Waals surface area contributed by atoms with Gasteiger partial charge in [-0.2, -0.15) is 0 Å². The summed E-state index contributed by atoms with van der Waals surface area (Å²) in [5.41, 5.74) is -0.00756. The Morgan fingerprint density at radius 1 is 1.50 bits per heavy atom. The summed E-state index contributed by atoms with van der Waals surface area (Å²) >= 11 is 3.27. The molecule has 0 bridgehead atoms. The molecule has 0 aromatic carbocycles. The molecule has 0 radical (unpaired) electrons. The Labute approximate surface area is 115 Å². The number of rotatable bonds is 1. The molecule has 5 heteroatoms. The number of carbonyl (C=O) groups excluding carboxylic acids is 1. The Balaban J connectivity index is 2.10. The van der Waals surface area contributed by atoms with Gasteiger partial charge < -0.3 is 10.0 Å². The van der Waals surface area contributed by atoms with E-state index in [1.165, 1.54) is 0 Å². The van der Waals surface area contributed by atoms with Gasteiger partial charge in [-0.1, -0.05) is 0 Å². The van der Waals surface area contributed by atoms with Crippen molar-refractivity contribution < 1.29 is 9.90 Å². The minimum absolute atomic E-state index is 0.0100. The summed E-state index contributed by atoms with van der Waals surface area (Å²) in [7, 11) is 0. The normalized spacial score (nSPS) is 24.7. The summed E-state index contributed by atoms with van der Waals surface area (Å²) in [6.07, 6.45) is 3.83. The number of amides is 1. The maximum atomic E-state index is 12.3. The molecule has 98 valence electrons. The molecule has 1 aromatic heterocycles. The van der Waals surface area contributed by atoms with Crippen LogP contribution in [0.2, 0.25) is 0 Å². The van der Waals surface area contributed by atoms with Gasteiger partial charge in [0.1, 0.15) is 4.60 Å². The molecule has 1 unspecified atom stereocenters. The molecular weight excluding hydrogens is 296 g/mol. The lowest BCUT2D eigenvalue weighted by atomic mass is 9.98. The number of nitrogens with zero attached hydrogens (tertiary/aromatic N) is 2. The zero-order valence-corrected chi connectivity index (χ0v) is 12.0. The van der Waals surface area contributed by atoms with Gasteiger partial charge in [0.2, 0.25) is 0 Å². The van der Waals surface area contributed by atoms with Crippen LogP contribution in [0, 0.1) is 0 Å². The summed E-state index contributed by atoms with van der Waals surface area (Å²) in [5, 5.41) is 10.0. The molecule has 2 rings (SSSR count). The number of hydrogen-bond donors (Lipinski definition) is 1. The quantitative estimate of drug-likeness (QED) is 0.809. The molecule has 0 aliphatic carbocycles. The standard InChI is InChI=1S/C13H17BrN2O2/c1-13(18)4-2-7-16(8-5-13)12(17)10-3-6-15-11(14)9-10/h3,6,9,18H,2,4-5,7-8H2,1H3. The van der Waals surface area contributed by atoms with Crippen molar-refractivity contribution in [3.63, 3.8) is 0 Å². The third-order valence-corrected chi connectivity index (χ3v) is 3.76. The molecule has 1 aromatic rings. The molecule has 1 amide bonds. The third kappa shape index (κ3) is 3.29. The number of hydrogen-bond acceptors (Lipinski definition) is 3. The molecule has 2 heterocycles. The maximum Gasteiger partial charge on any atom is 0.254 e. The van der Waals surface area contributed by atoms with Gasteiger partial charge in [-0.15, -0.1) is 0 Å². The molecule has 4 nitrogen and oxygen atoms in total. The fraction of sp³-hybridized carbons (Fsp3) is 0.538. The first-order valence-corrected chi connectivity index (χ1v) is 6.90. The van der Waals surface area contributed by atoms with Crippen molar-refractivity contribution in [2.24, 2.45) is 0 Å². The molecule has 1 aliphatic rings. The van der Waals surface area contributed by atoms with Gasteiger partial charge in [0, 0.05) is 24.8 Å². The van der Waals surface area contributed by atoms with E-state index in [1.807, 2.05) is 11.8 Å². The van der Waals surface area contributed by atoms with Gasteiger partial charge in [0.25, 0.3) is 5.91 Å². The lowest BCUT2D eigenvalue weighted by molar-refractivity contribution is 0.0438. The molecule has 1 aliphatic heterocycles. The second-order valence-corrected chi connectivity index (χ2v) is 5.82. The number of pyridine rings is 1. The number of halogens is 1. The van der Waals surface area contributed by atoms with E-state index in [-0.39, 0.29) is 5.91 Å². The highest BCUT2D eigenvalue weighted by Gasteiger charge is 2.27. The highest BCUT2D eigenvalue weighted by molar-refractivity contribution is 9.10. The van der Waals surface area contributed by atoms with Crippen LogP contribution in [0.1, 0.15) is 36.5 Å². The molecule has 1 atom stereocenters. The van der Waals surface area contributed by atoms with Gasteiger partial charge in [0.15, 0.2) is 0 Å². The first-order valence-electron chi connectivity index (χ1n) is 6.11. The fourth-order valence-electron chi connectivity index (χ4n) is 2.18. The van der Waals surface area contributed by atoms with E-state index in [1.54, 1.807) is 18.3 Å². The molecule has 1 fully saturated rings. The van der Waals surface area contributed by atoms with Crippen LogP contribution in [0.15, 0.2) is 22.9 Å². The van der Waals surface area contributed by atoms with Crippen LogP contribution in [0.4, 0.5) is 0 Å². The van der Waals surface area contributed by atoms with Crippen LogP contribution in [-0.4, -0.2) is 39.6 Å². The first-order chi connectivity index (χ1) is 8.48. The van der Waals surface area contributed by atoms with Crippen LogP contribution in [0.3, 0.4) is 0 Å². The Morgan fingerprint density at radius 2 is 2.28 bits per heavy atom. The smallest absolute Gasteiger partial charge is 0.254 e. The summed E-state index contributed by atoms with van der Waals surface area (Å²) < 4.78 is 0.662. The van der Waals surface area contributed by atoms with E-state index in [2.05, 4.69) is 20.9 Å². The fourth-order valence-corrected chi connectivity index (χ4v) is 2.55.